The van der Waals surface area contributed by atoms with Crippen LogP contribution in [0.2, 0.25) is 0 Å². The molecule has 1 aromatic heterocycles. The fourth-order valence-corrected chi connectivity index (χ4v) is 1.50. The Morgan fingerprint density at radius 3 is 2.52 bits per heavy atom. The van der Waals surface area contributed by atoms with Crippen LogP contribution in [0.25, 0.3) is 0 Å². The van der Waals surface area contributed by atoms with Gasteiger partial charge in [-0.2, -0.15) is 0 Å². The van der Waals surface area contributed by atoms with Crippen molar-refractivity contribution in [2.24, 2.45) is 0 Å². The van der Waals surface area contributed by atoms with Gasteiger partial charge in [0.2, 0.25) is 0 Å². The summed E-state index contributed by atoms with van der Waals surface area (Å²) in [7, 11) is 0. The highest BCUT2D eigenvalue weighted by molar-refractivity contribution is 5.85. The lowest BCUT2D eigenvalue weighted by atomic mass is 10.2. The number of rotatable bonds is 3. The van der Waals surface area contributed by atoms with Gasteiger partial charge in [0.15, 0.2) is 0 Å². The summed E-state index contributed by atoms with van der Waals surface area (Å²) in [6.07, 6.45) is 2.66. The van der Waals surface area contributed by atoms with Crippen molar-refractivity contribution in [3.63, 3.8) is 0 Å². The van der Waals surface area contributed by atoms with Crippen LogP contribution in [0.5, 0.6) is 11.8 Å². The van der Waals surface area contributed by atoms with Crippen LogP contribution in [0, 0.1) is 0 Å². The molecule has 2 rings (SSSR count). The molecule has 0 radical (unpaired) electrons. The number of carbonyl (C=O) groups excluding carboxylic acids is 1. The van der Waals surface area contributed by atoms with Gasteiger partial charge in [0, 0.05) is 24.1 Å². The standard InChI is InChI=1S/C15H17N3O3/c1-15(2,3)21-14(19)18-11-6-4-7-12(10-11)20-13-16-8-5-9-17-13/h4-10H,1-3H3,(H,18,19). The van der Waals surface area contributed by atoms with Crippen LogP contribution in [0.15, 0.2) is 42.7 Å². The molecule has 0 spiro atoms. The first-order valence-electron chi connectivity index (χ1n) is 6.47. The summed E-state index contributed by atoms with van der Waals surface area (Å²) >= 11 is 0. The van der Waals surface area contributed by atoms with Crippen molar-refractivity contribution in [3.8, 4) is 11.8 Å². The predicted octanol–water partition coefficient (Wildman–Crippen LogP) is 3.62. The molecule has 1 N–H and O–H groups in total. The first-order valence-corrected chi connectivity index (χ1v) is 6.47. The lowest BCUT2D eigenvalue weighted by Crippen LogP contribution is -2.27. The number of carbonyl (C=O) groups is 1. The summed E-state index contributed by atoms with van der Waals surface area (Å²) in [6, 6.07) is 8.85. The summed E-state index contributed by atoms with van der Waals surface area (Å²) in [5.41, 5.74) is 0.0217. The quantitative estimate of drug-likeness (QED) is 0.933. The molecule has 2 aromatic rings. The number of amides is 1. The minimum absolute atomic E-state index is 0.243. The van der Waals surface area contributed by atoms with Gasteiger partial charge >= 0.3 is 12.1 Å². The van der Waals surface area contributed by atoms with Gasteiger partial charge in [-0.15, -0.1) is 0 Å². The zero-order chi connectivity index (χ0) is 15.3. The summed E-state index contributed by atoms with van der Waals surface area (Å²) < 4.78 is 10.7. The smallest absolute Gasteiger partial charge is 0.412 e. The van der Waals surface area contributed by atoms with E-state index >= 15 is 0 Å². The van der Waals surface area contributed by atoms with Crippen LogP contribution >= 0.6 is 0 Å². The van der Waals surface area contributed by atoms with Gasteiger partial charge in [-0.25, -0.2) is 14.8 Å². The second-order valence-corrected chi connectivity index (χ2v) is 5.29. The maximum absolute atomic E-state index is 11.7. The van der Waals surface area contributed by atoms with Crippen molar-refractivity contribution >= 4 is 11.8 Å². The van der Waals surface area contributed by atoms with E-state index in [1.165, 1.54) is 0 Å². The van der Waals surface area contributed by atoms with E-state index in [0.717, 1.165) is 0 Å². The summed E-state index contributed by atoms with van der Waals surface area (Å²) in [5, 5.41) is 2.64. The van der Waals surface area contributed by atoms with E-state index in [-0.39, 0.29) is 6.01 Å². The molecule has 0 fully saturated rings. The predicted molar refractivity (Wildman–Crippen MR) is 78.4 cm³/mol. The lowest BCUT2D eigenvalue weighted by molar-refractivity contribution is 0.0636. The molecular formula is C15H17N3O3. The molecule has 0 bridgehead atoms. The first-order chi connectivity index (χ1) is 9.92. The van der Waals surface area contributed by atoms with E-state index < -0.39 is 11.7 Å². The first kappa shape index (κ1) is 14.8. The number of nitrogens with one attached hydrogen (secondary N) is 1. The molecule has 110 valence electrons. The third-order valence-electron chi connectivity index (χ3n) is 2.23. The van der Waals surface area contributed by atoms with Gasteiger partial charge in [-0.05, 0) is 39.0 Å². The minimum atomic E-state index is -0.546. The second-order valence-electron chi connectivity index (χ2n) is 5.29. The molecule has 0 saturated heterocycles. The summed E-state index contributed by atoms with van der Waals surface area (Å²) in [4.78, 5) is 19.6. The molecule has 0 aliphatic heterocycles. The number of hydrogen-bond acceptors (Lipinski definition) is 5. The van der Waals surface area contributed by atoms with Crippen LogP contribution in [-0.2, 0) is 4.74 Å². The van der Waals surface area contributed by atoms with E-state index in [1.807, 2.05) is 0 Å². The van der Waals surface area contributed by atoms with Crippen LogP contribution in [0.4, 0.5) is 10.5 Å². The van der Waals surface area contributed by atoms with Crippen molar-refractivity contribution in [1.82, 2.24) is 9.97 Å². The highest BCUT2D eigenvalue weighted by Gasteiger charge is 2.16. The van der Waals surface area contributed by atoms with Crippen molar-refractivity contribution in [1.29, 1.82) is 0 Å². The maximum atomic E-state index is 11.7. The van der Waals surface area contributed by atoms with Gasteiger partial charge in [-0.3, -0.25) is 5.32 Å². The van der Waals surface area contributed by atoms with Gasteiger partial charge < -0.3 is 9.47 Å². The van der Waals surface area contributed by atoms with Gasteiger partial charge in [0.05, 0.1) is 0 Å². The molecule has 21 heavy (non-hydrogen) atoms. The van der Waals surface area contributed by atoms with E-state index in [0.29, 0.717) is 11.4 Å². The lowest BCUT2D eigenvalue weighted by Gasteiger charge is -2.19. The Morgan fingerprint density at radius 2 is 1.86 bits per heavy atom. The Kier molecular flexibility index (Phi) is 4.37. The van der Waals surface area contributed by atoms with Crippen molar-refractivity contribution in [2.45, 2.75) is 26.4 Å². The van der Waals surface area contributed by atoms with E-state index in [2.05, 4.69) is 15.3 Å². The number of hydrogen-bond donors (Lipinski definition) is 1. The van der Waals surface area contributed by atoms with Crippen LogP contribution in [0.1, 0.15) is 20.8 Å². The van der Waals surface area contributed by atoms with Crippen LogP contribution in [0.3, 0.4) is 0 Å². The van der Waals surface area contributed by atoms with Crippen molar-refractivity contribution in [3.05, 3.63) is 42.7 Å². The average molecular weight is 287 g/mol. The third kappa shape index (κ3) is 5.10. The maximum Gasteiger partial charge on any atom is 0.412 e. The number of nitrogens with zero attached hydrogens (tertiary/aromatic N) is 2. The van der Waals surface area contributed by atoms with Gasteiger partial charge in [0.1, 0.15) is 11.4 Å². The van der Waals surface area contributed by atoms with Gasteiger partial charge in [0.25, 0.3) is 0 Å². The molecule has 0 aliphatic rings. The molecule has 0 saturated carbocycles. The second kappa shape index (κ2) is 6.21. The van der Waals surface area contributed by atoms with Crippen molar-refractivity contribution < 1.29 is 14.3 Å². The summed E-state index contributed by atoms with van der Waals surface area (Å²) in [6.45, 7) is 5.41. The molecule has 1 aromatic carbocycles. The monoisotopic (exact) mass is 287 g/mol. The zero-order valence-corrected chi connectivity index (χ0v) is 12.2. The van der Waals surface area contributed by atoms with Crippen LogP contribution in [-0.4, -0.2) is 21.7 Å². The minimum Gasteiger partial charge on any atom is -0.444 e. The number of benzene rings is 1. The van der Waals surface area contributed by atoms with E-state index in [9.17, 15) is 4.79 Å². The highest BCUT2D eigenvalue weighted by atomic mass is 16.6. The molecule has 6 nitrogen and oxygen atoms in total. The highest BCUT2D eigenvalue weighted by Crippen LogP contribution is 2.21. The normalized spacial score (nSPS) is 10.8. The Bertz CT molecular complexity index is 609. The number of ether oxygens (including phenoxy) is 2. The molecule has 1 heterocycles. The van der Waals surface area contributed by atoms with E-state index in [1.54, 1.807) is 63.5 Å². The third-order valence-corrected chi connectivity index (χ3v) is 2.23. The molecule has 0 aliphatic carbocycles. The zero-order valence-electron chi connectivity index (χ0n) is 12.2. The van der Waals surface area contributed by atoms with E-state index in [4.69, 9.17) is 9.47 Å². The SMILES string of the molecule is CC(C)(C)OC(=O)Nc1cccc(Oc2ncccn2)c1. The number of anilines is 1. The summed E-state index contributed by atoms with van der Waals surface area (Å²) in [5.74, 6) is 0.523. The van der Waals surface area contributed by atoms with Crippen molar-refractivity contribution in [2.75, 3.05) is 5.32 Å². The fourth-order valence-electron chi connectivity index (χ4n) is 1.50. The fraction of sp³-hybridized carbons (Fsp3) is 0.267. The molecule has 0 unspecified atom stereocenters. The average Bonchev–Trinajstić information content (AvgIpc) is 2.38. The Morgan fingerprint density at radius 1 is 1.14 bits per heavy atom. The molecule has 1 amide bonds. The molecule has 6 heteroatoms. The Hall–Kier alpha value is -2.63. The molecule has 0 atom stereocenters. The topological polar surface area (TPSA) is 73.3 Å². The molecular weight excluding hydrogens is 270 g/mol. The number of aromatic nitrogens is 2. The Labute approximate surface area is 123 Å². The van der Waals surface area contributed by atoms with Gasteiger partial charge in [-0.1, -0.05) is 6.07 Å². The Balaban J connectivity index is 2.03. The largest absolute Gasteiger partial charge is 0.444 e. The van der Waals surface area contributed by atoms with Crippen LogP contribution < -0.4 is 10.1 Å².